The minimum absolute atomic E-state index is 0.00683. The first kappa shape index (κ1) is 23.4. The number of likely N-dealkylation sites (tertiary alicyclic amines) is 1. The predicted octanol–water partition coefficient (Wildman–Crippen LogP) is 4.74. The van der Waals surface area contributed by atoms with E-state index in [9.17, 15) is 14.4 Å². The smallest absolute Gasteiger partial charge is 0.261 e. The Kier molecular flexibility index (Phi) is 7.40. The number of carbonyl (C=O) groups excluding carboxylic acids is 3. The zero-order chi connectivity index (χ0) is 23.4. The average Bonchev–Trinajstić information content (AvgIpc) is 3.66. The molecule has 2 fully saturated rings. The molecule has 174 valence electrons. The van der Waals surface area contributed by atoms with Gasteiger partial charge in [-0.05, 0) is 62.4 Å². The Morgan fingerprint density at radius 1 is 0.909 bits per heavy atom. The molecule has 4 rings (SSSR count). The highest BCUT2D eigenvalue weighted by Gasteiger charge is 2.32. The number of nitrogens with zero attached hydrogens (tertiary/aromatic N) is 1. The average molecular weight is 490 g/mol. The van der Waals surface area contributed by atoms with E-state index in [-0.39, 0.29) is 30.2 Å². The van der Waals surface area contributed by atoms with Gasteiger partial charge in [0.25, 0.3) is 5.91 Å². The number of benzene rings is 2. The van der Waals surface area contributed by atoms with Gasteiger partial charge in [0.15, 0.2) is 6.61 Å². The van der Waals surface area contributed by atoms with Gasteiger partial charge in [-0.15, -0.1) is 0 Å². The highest BCUT2D eigenvalue weighted by atomic mass is 35.5. The fraction of sp³-hybridized carbons (Fsp3) is 0.375. The Morgan fingerprint density at radius 2 is 1.67 bits per heavy atom. The molecular weight excluding hydrogens is 465 g/mol. The lowest BCUT2D eigenvalue weighted by Gasteiger charge is -2.34. The summed E-state index contributed by atoms with van der Waals surface area (Å²) in [5.74, 6) is 0.0444. The van der Waals surface area contributed by atoms with Crippen LogP contribution in [0.2, 0.25) is 10.0 Å². The Labute approximate surface area is 202 Å². The van der Waals surface area contributed by atoms with E-state index >= 15 is 0 Å². The molecule has 1 saturated heterocycles. The number of nitrogens with one attached hydrogen (secondary N) is 2. The van der Waals surface area contributed by atoms with Gasteiger partial charge in [0, 0.05) is 29.9 Å². The van der Waals surface area contributed by atoms with Crippen LogP contribution in [-0.4, -0.2) is 41.8 Å². The summed E-state index contributed by atoms with van der Waals surface area (Å²) < 4.78 is 5.69. The molecule has 0 radical (unpaired) electrons. The molecule has 1 saturated carbocycles. The van der Waals surface area contributed by atoms with Gasteiger partial charge in [-0.2, -0.15) is 0 Å². The second-order valence-corrected chi connectivity index (χ2v) is 9.11. The number of ether oxygens (including phenoxy) is 1. The van der Waals surface area contributed by atoms with Gasteiger partial charge in [-0.25, -0.2) is 0 Å². The summed E-state index contributed by atoms with van der Waals surface area (Å²) in [5.41, 5.74) is 1.15. The number of anilines is 2. The highest BCUT2D eigenvalue weighted by molar-refractivity contribution is 6.42. The zero-order valence-electron chi connectivity index (χ0n) is 18.0. The van der Waals surface area contributed by atoms with Crippen LogP contribution in [0.5, 0.6) is 5.75 Å². The van der Waals surface area contributed by atoms with Crippen molar-refractivity contribution in [2.24, 2.45) is 5.92 Å². The number of hydrogen-bond acceptors (Lipinski definition) is 4. The van der Waals surface area contributed by atoms with E-state index in [1.54, 1.807) is 47.4 Å². The number of halogens is 2. The van der Waals surface area contributed by atoms with Crippen molar-refractivity contribution in [2.45, 2.75) is 38.1 Å². The first-order valence-corrected chi connectivity index (χ1v) is 11.8. The molecule has 1 aliphatic heterocycles. The number of hydrogen-bond donors (Lipinski definition) is 2. The zero-order valence-corrected chi connectivity index (χ0v) is 19.5. The summed E-state index contributed by atoms with van der Waals surface area (Å²) in [6.07, 6.45) is 4.09. The summed E-state index contributed by atoms with van der Waals surface area (Å²) in [5, 5.41) is 6.43. The maximum Gasteiger partial charge on any atom is 0.261 e. The summed E-state index contributed by atoms with van der Waals surface area (Å²) in [6.45, 7) is 0.287. The van der Waals surface area contributed by atoms with Crippen LogP contribution in [0.15, 0.2) is 42.5 Å². The van der Waals surface area contributed by atoms with Crippen LogP contribution in [0.3, 0.4) is 0 Å². The Balaban J connectivity index is 1.35. The quantitative estimate of drug-likeness (QED) is 0.587. The van der Waals surface area contributed by atoms with Crippen molar-refractivity contribution in [1.29, 1.82) is 0 Å². The number of piperidine rings is 1. The molecule has 2 aromatic rings. The van der Waals surface area contributed by atoms with Crippen LogP contribution in [0, 0.1) is 5.92 Å². The van der Waals surface area contributed by atoms with Crippen LogP contribution >= 0.6 is 23.2 Å². The molecule has 0 aromatic heterocycles. The predicted molar refractivity (Wildman–Crippen MR) is 128 cm³/mol. The third-order valence-electron chi connectivity index (χ3n) is 5.72. The summed E-state index contributed by atoms with van der Waals surface area (Å²) in [7, 11) is 0. The van der Waals surface area contributed by atoms with Gasteiger partial charge in [-0.1, -0.05) is 29.3 Å². The fourth-order valence-electron chi connectivity index (χ4n) is 3.78. The van der Waals surface area contributed by atoms with E-state index < -0.39 is 6.04 Å². The van der Waals surface area contributed by atoms with Crippen LogP contribution in [-0.2, 0) is 14.4 Å². The molecule has 0 bridgehead atoms. The maximum absolute atomic E-state index is 12.9. The lowest BCUT2D eigenvalue weighted by atomic mass is 10.0. The van der Waals surface area contributed by atoms with Crippen molar-refractivity contribution in [3.05, 3.63) is 52.5 Å². The van der Waals surface area contributed by atoms with Gasteiger partial charge in [-0.3, -0.25) is 14.4 Å². The monoisotopic (exact) mass is 489 g/mol. The van der Waals surface area contributed by atoms with Gasteiger partial charge in [0.05, 0.1) is 10.0 Å². The van der Waals surface area contributed by atoms with Crippen molar-refractivity contribution in [3.63, 3.8) is 0 Å². The molecule has 33 heavy (non-hydrogen) atoms. The lowest BCUT2D eigenvalue weighted by molar-refractivity contribution is -0.142. The van der Waals surface area contributed by atoms with Gasteiger partial charge < -0.3 is 20.3 Å². The molecule has 1 heterocycles. The highest BCUT2D eigenvalue weighted by Crippen LogP contribution is 2.31. The van der Waals surface area contributed by atoms with Crippen molar-refractivity contribution in [2.75, 3.05) is 23.8 Å². The van der Waals surface area contributed by atoms with Crippen molar-refractivity contribution < 1.29 is 19.1 Å². The topological polar surface area (TPSA) is 87.7 Å². The standard InChI is InChI=1S/C24H25Cl2N3O4/c25-19-10-9-17(13-20(19)26)28-24(32)21-6-1-2-11-29(21)22(30)14-33-18-5-3-4-16(12-18)27-23(31)15-7-8-15/h3-5,9-10,12-13,15,21H,1-2,6-8,11,14H2,(H,27,31)(H,28,32). The molecule has 2 aromatic carbocycles. The number of amides is 3. The molecule has 2 N–H and O–H groups in total. The SMILES string of the molecule is O=C(Nc1cccc(OCC(=O)N2CCCCC2C(=O)Nc2ccc(Cl)c(Cl)c2)c1)C1CC1. The largest absolute Gasteiger partial charge is 0.484 e. The van der Waals surface area contributed by atoms with E-state index in [2.05, 4.69) is 10.6 Å². The molecule has 0 spiro atoms. The first-order chi connectivity index (χ1) is 15.9. The second kappa shape index (κ2) is 10.4. The number of rotatable bonds is 7. The Hall–Kier alpha value is -2.77. The normalized spacial score (nSPS) is 17.9. The molecule has 1 unspecified atom stereocenters. The maximum atomic E-state index is 12.9. The fourth-order valence-corrected chi connectivity index (χ4v) is 4.08. The lowest BCUT2D eigenvalue weighted by Crippen LogP contribution is -2.51. The molecule has 1 aliphatic carbocycles. The summed E-state index contributed by atoms with van der Waals surface area (Å²) >= 11 is 12.0. The molecule has 3 amide bonds. The second-order valence-electron chi connectivity index (χ2n) is 8.30. The third-order valence-corrected chi connectivity index (χ3v) is 6.46. The van der Waals surface area contributed by atoms with E-state index in [0.29, 0.717) is 40.1 Å². The van der Waals surface area contributed by atoms with Crippen molar-refractivity contribution in [1.82, 2.24) is 4.90 Å². The van der Waals surface area contributed by atoms with Gasteiger partial charge >= 0.3 is 0 Å². The van der Waals surface area contributed by atoms with Crippen LogP contribution in [0.4, 0.5) is 11.4 Å². The van der Waals surface area contributed by atoms with E-state index in [4.69, 9.17) is 27.9 Å². The summed E-state index contributed by atoms with van der Waals surface area (Å²) in [4.78, 5) is 39.3. The van der Waals surface area contributed by atoms with Gasteiger partial charge in [0.1, 0.15) is 11.8 Å². The molecule has 1 atom stereocenters. The van der Waals surface area contributed by atoms with Crippen LogP contribution in [0.25, 0.3) is 0 Å². The van der Waals surface area contributed by atoms with E-state index in [0.717, 1.165) is 25.7 Å². The van der Waals surface area contributed by atoms with Crippen LogP contribution in [0.1, 0.15) is 32.1 Å². The van der Waals surface area contributed by atoms with Gasteiger partial charge in [0.2, 0.25) is 11.8 Å². The van der Waals surface area contributed by atoms with Crippen molar-refractivity contribution in [3.8, 4) is 5.75 Å². The van der Waals surface area contributed by atoms with E-state index in [1.807, 2.05) is 0 Å². The molecular formula is C24H25Cl2N3O4. The Morgan fingerprint density at radius 3 is 2.42 bits per heavy atom. The molecule has 2 aliphatic rings. The summed E-state index contributed by atoms with van der Waals surface area (Å²) in [6, 6.07) is 11.2. The van der Waals surface area contributed by atoms with Crippen molar-refractivity contribution >= 4 is 52.3 Å². The number of carbonyl (C=O) groups is 3. The minimum Gasteiger partial charge on any atom is -0.484 e. The first-order valence-electron chi connectivity index (χ1n) is 11.0. The molecule has 7 nitrogen and oxygen atoms in total. The Bertz CT molecular complexity index is 1060. The third kappa shape index (κ3) is 6.18. The van der Waals surface area contributed by atoms with Crippen LogP contribution < -0.4 is 15.4 Å². The minimum atomic E-state index is -0.589. The molecule has 9 heteroatoms. The van der Waals surface area contributed by atoms with E-state index in [1.165, 1.54) is 0 Å².